The zero-order chi connectivity index (χ0) is 33.0. The average Bonchev–Trinajstić information content (AvgIpc) is 3.65. The molecule has 0 unspecified atom stereocenters. The second-order valence-corrected chi connectivity index (χ2v) is 11.0. The summed E-state index contributed by atoms with van der Waals surface area (Å²) in [5.41, 5.74) is 6.87. The number of Topliss-reactive ketones (excluding diaryl/α,β-unsaturated/α-hetero) is 1. The number of oxazole rings is 1. The quantitative estimate of drug-likeness (QED) is 0.152. The molecule has 1 saturated heterocycles. The highest BCUT2D eigenvalue weighted by Gasteiger charge is 2.43. The van der Waals surface area contributed by atoms with Crippen molar-refractivity contribution in [2.45, 2.75) is 98.3 Å². The summed E-state index contributed by atoms with van der Waals surface area (Å²) in [5.74, 6) is 1.84. The molecule has 3 aromatic rings. The number of aromatic nitrogens is 2. The molecule has 44 heavy (non-hydrogen) atoms. The third-order valence-corrected chi connectivity index (χ3v) is 8.27. The van der Waals surface area contributed by atoms with Crippen LogP contribution in [0.2, 0.25) is 0 Å². The Bertz CT molecular complexity index is 1330. The van der Waals surface area contributed by atoms with E-state index in [9.17, 15) is 9.59 Å². The SMILES string of the molecule is C#C.CC.CCC(=O)CCCCCCc1ncc(-c2ccc3c(ccc(=O)n3C)c2)o1.CCN1CCC2(CC1)CC2.NC=O. The second-order valence-electron chi connectivity index (χ2n) is 11.0. The summed E-state index contributed by atoms with van der Waals surface area (Å²) in [7, 11) is 1.77. The molecule has 1 saturated carbocycles. The maximum atomic E-state index is 11.7. The van der Waals surface area contributed by atoms with Gasteiger partial charge in [-0.3, -0.25) is 14.4 Å². The molecule has 1 aliphatic heterocycles. The van der Waals surface area contributed by atoms with Crippen molar-refractivity contribution >= 4 is 23.1 Å². The fourth-order valence-electron chi connectivity index (χ4n) is 5.25. The minimum Gasteiger partial charge on any atom is -0.441 e. The molecule has 2 aromatic heterocycles. The highest BCUT2D eigenvalue weighted by atomic mass is 16.4. The molecule has 8 nitrogen and oxygen atoms in total. The van der Waals surface area contributed by atoms with E-state index in [-0.39, 0.29) is 12.0 Å². The zero-order valence-electron chi connectivity index (χ0n) is 27.6. The summed E-state index contributed by atoms with van der Waals surface area (Å²) in [6, 6.07) is 9.32. The lowest BCUT2D eigenvalue weighted by atomic mass is 9.94. The van der Waals surface area contributed by atoms with Gasteiger partial charge in [-0.2, -0.15) is 0 Å². The first-order valence-corrected chi connectivity index (χ1v) is 16.1. The first-order chi connectivity index (χ1) is 21.3. The van der Waals surface area contributed by atoms with Crippen LogP contribution in [0.3, 0.4) is 0 Å². The van der Waals surface area contributed by atoms with Gasteiger partial charge in [-0.15, -0.1) is 12.8 Å². The maximum absolute atomic E-state index is 11.7. The third kappa shape index (κ3) is 12.5. The highest BCUT2D eigenvalue weighted by Crippen LogP contribution is 2.53. The number of nitrogens with zero attached hydrogens (tertiary/aromatic N) is 3. The number of piperidine rings is 1. The Kier molecular flexibility index (Phi) is 18.4. The summed E-state index contributed by atoms with van der Waals surface area (Å²) >= 11 is 0. The van der Waals surface area contributed by atoms with Gasteiger partial charge in [0.2, 0.25) is 6.41 Å². The maximum Gasteiger partial charge on any atom is 0.250 e. The van der Waals surface area contributed by atoms with Crippen molar-refractivity contribution in [3.05, 3.63) is 52.8 Å². The molecule has 0 bridgehead atoms. The Morgan fingerprint density at radius 1 is 1.02 bits per heavy atom. The molecule has 1 spiro atoms. The van der Waals surface area contributed by atoms with Gasteiger partial charge in [0, 0.05) is 37.9 Å². The number of aryl methyl sites for hydroxylation is 2. The first-order valence-electron chi connectivity index (χ1n) is 16.1. The van der Waals surface area contributed by atoms with E-state index in [1.54, 1.807) is 23.9 Å². The lowest BCUT2D eigenvalue weighted by Gasteiger charge is -2.30. The van der Waals surface area contributed by atoms with Crippen LogP contribution in [0.25, 0.3) is 22.2 Å². The molecule has 0 atom stereocenters. The van der Waals surface area contributed by atoms with Gasteiger partial charge in [0.05, 0.1) is 11.7 Å². The monoisotopic (exact) mass is 606 g/mol. The van der Waals surface area contributed by atoms with E-state index in [4.69, 9.17) is 9.21 Å². The lowest BCUT2D eigenvalue weighted by Crippen LogP contribution is -2.34. The number of pyridine rings is 1. The predicted octanol–water partition coefficient (Wildman–Crippen LogP) is 6.93. The number of hydrogen-bond donors (Lipinski definition) is 1. The number of amides is 1. The molecule has 2 N–H and O–H groups in total. The van der Waals surface area contributed by atoms with Crippen LogP contribution < -0.4 is 11.3 Å². The fraction of sp³-hybridized carbons (Fsp3) is 0.556. The number of primary amides is 1. The third-order valence-electron chi connectivity index (χ3n) is 8.27. The van der Waals surface area contributed by atoms with E-state index < -0.39 is 0 Å². The Hall–Kier alpha value is -3.70. The van der Waals surface area contributed by atoms with Crippen LogP contribution >= 0.6 is 0 Å². The smallest absolute Gasteiger partial charge is 0.250 e. The molecule has 8 heteroatoms. The molecule has 242 valence electrons. The average molecular weight is 607 g/mol. The van der Waals surface area contributed by atoms with Gasteiger partial charge < -0.3 is 19.6 Å². The van der Waals surface area contributed by atoms with Crippen molar-refractivity contribution in [3.63, 3.8) is 0 Å². The molecule has 2 aliphatic rings. The number of ketones is 1. The molecule has 2 fully saturated rings. The van der Waals surface area contributed by atoms with Crippen molar-refractivity contribution in [2.24, 2.45) is 18.2 Å². The number of terminal acetylenes is 1. The summed E-state index contributed by atoms with van der Waals surface area (Å²) in [5, 5.41) is 0.995. The molecular formula is C36H54N4O4. The Morgan fingerprint density at radius 2 is 1.66 bits per heavy atom. The van der Waals surface area contributed by atoms with E-state index in [1.165, 1.54) is 45.3 Å². The fourth-order valence-corrected chi connectivity index (χ4v) is 5.25. The second kappa shape index (κ2) is 21.1. The van der Waals surface area contributed by atoms with E-state index in [0.29, 0.717) is 18.6 Å². The van der Waals surface area contributed by atoms with Crippen LogP contribution in [-0.4, -0.2) is 46.3 Å². The molecule has 1 aromatic carbocycles. The van der Waals surface area contributed by atoms with Crippen LogP contribution in [0, 0.1) is 18.3 Å². The van der Waals surface area contributed by atoms with Crippen molar-refractivity contribution in [2.75, 3.05) is 19.6 Å². The van der Waals surface area contributed by atoms with Crippen LogP contribution in [0.15, 0.2) is 45.7 Å². The van der Waals surface area contributed by atoms with E-state index in [1.807, 2.05) is 45.0 Å². The van der Waals surface area contributed by atoms with Gasteiger partial charge in [0.15, 0.2) is 11.7 Å². The number of rotatable bonds is 10. The summed E-state index contributed by atoms with van der Waals surface area (Å²) in [6.07, 6.45) is 22.3. The van der Waals surface area contributed by atoms with Crippen LogP contribution in [0.4, 0.5) is 0 Å². The van der Waals surface area contributed by atoms with Crippen molar-refractivity contribution in [1.82, 2.24) is 14.5 Å². The molecule has 3 heterocycles. The summed E-state index contributed by atoms with van der Waals surface area (Å²) in [4.78, 5) is 38.5. The number of benzene rings is 1. The topological polar surface area (TPSA) is 111 Å². The van der Waals surface area contributed by atoms with Gasteiger partial charge in [-0.1, -0.05) is 40.5 Å². The molecule has 0 radical (unpaired) electrons. The first kappa shape index (κ1) is 38.3. The molecule has 5 rings (SSSR count). The largest absolute Gasteiger partial charge is 0.441 e. The molecule has 1 amide bonds. The van der Waals surface area contributed by atoms with Gasteiger partial charge in [0.25, 0.3) is 5.56 Å². The van der Waals surface area contributed by atoms with Crippen molar-refractivity contribution in [1.29, 1.82) is 0 Å². The predicted molar refractivity (Wildman–Crippen MR) is 181 cm³/mol. The number of unbranched alkanes of at least 4 members (excludes halogenated alkanes) is 3. The number of carbonyl (C=O) groups excluding carboxylic acids is 2. The van der Waals surface area contributed by atoms with Crippen molar-refractivity contribution in [3.8, 4) is 24.2 Å². The van der Waals surface area contributed by atoms with Gasteiger partial charge >= 0.3 is 0 Å². The summed E-state index contributed by atoms with van der Waals surface area (Å²) in [6.45, 7) is 12.2. The van der Waals surface area contributed by atoms with E-state index in [2.05, 4.69) is 35.4 Å². The normalized spacial score (nSPS) is 14.3. The lowest BCUT2D eigenvalue weighted by molar-refractivity contribution is -0.118. The van der Waals surface area contributed by atoms with Gasteiger partial charge in [-0.25, -0.2) is 4.98 Å². The standard InChI is InChI=1S/C22H26N2O3.C9H17N.C2H6.C2H2.CH3NO/c1-3-18(25)8-6-4-5-7-9-21-23-15-20(27-21)17-10-12-19-16(14-17)11-13-22(26)24(19)2;1-2-10-7-5-9(3-4-9)6-8-10;2*1-2;2-1-3/h10-15H,3-9H2,1-2H3;2-8H2,1H3;1-2H3;1-2H;1H,(H2,2,3). The van der Waals surface area contributed by atoms with Crippen LogP contribution in [-0.2, 0) is 23.1 Å². The number of carbonyl (C=O) groups is 2. The zero-order valence-corrected chi connectivity index (χ0v) is 27.6. The molecule has 1 aliphatic carbocycles. The molecular weight excluding hydrogens is 552 g/mol. The van der Waals surface area contributed by atoms with Crippen LogP contribution in [0.1, 0.15) is 97.8 Å². The summed E-state index contributed by atoms with van der Waals surface area (Å²) < 4.78 is 7.54. The minimum absolute atomic E-state index is 0.0174. The number of fused-ring (bicyclic) bond motifs is 1. The number of nitrogens with two attached hydrogens (primary N) is 1. The number of likely N-dealkylation sites (tertiary alicyclic amines) is 1. The Morgan fingerprint density at radius 3 is 2.25 bits per heavy atom. The highest BCUT2D eigenvalue weighted by molar-refractivity contribution is 5.83. The van der Waals surface area contributed by atoms with Crippen LogP contribution in [0.5, 0.6) is 0 Å². The minimum atomic E-state index is -0.0174. The van der Waals surface area contributed by atoms with Gasteiger partial charge in [0.1, 0.15) is 5.78 Å². The number of hydrogen-bond acceptors (Lipinski definition) is 6. The van der Waals surface area contributed by atoms with E-state index >= 15 is 0 Å². The Balaban J connectivity index is 0.000000468. The van der Waals surface area contributed by atoms with Crippen molar-refractivity contribution < 1.29 is 14.0 Å². The van der Waals surface area contributed by atoms with E-state index in [0.717, 1.165) is 65.6 Å². The van der Waals surface area contributed by atoms with Gasteiger partial charge in [-0.05, 0) is 93.2 Å². The Labute approximate surface area is 264 Å².